The molecular weight excluding hydrogens is 384 g/mol. The van der Waals surface area contributed by atoms with Crippen molar-refractivity contribution in [2.24, 2.45) is 0 Å². The quantitative estimate of drug-likeness (QED) is 0.432. The fourth-order valence-corrected chi connectivity index (χ4v) is 3.17. The van der Waals surface area contributed by atoms with Crippen LogP contribution in [0.3, 0.4) is 0 Å². The van der Waals surface area contributed by atoms with Crippen LogP contribution < -0.4 is 5.32 Å². The summed E-state index contributed by atoms with van der Waals surface area (Å²) in [6.45, 7) is 2.06. The molecule has 5 nitrogen and oxygen atoms in total. The molecule has 0 atom stereocenters. The van der Waals surface area contributed by atoms with E-state index in [1.807, 2.05) is 49.5 Å². The van der Waals surface area contributed by atoms with Gasteiger partial charge in [-0.1, -0.05) is 58.7 Å². The molecule has 0 aliphatic rings. The molecular formula is C23H19ClN4O. The highest BCUT2D eigenvalue weighted by atomic mass is 35.5. The van der Waals surface area contributed by atoms with Gasteiger partial charge in [0, 0.05) is 23.8 Å². The van der Waals surface area contributed by atoms with Gasteiger partial charge in [0.1, 0.15) is 5.82 Å². The molecule has 0 unspecified atom stereocenters. The summed E-state index contributed by atoms with van der Waals surface area (Å²) in [5.74, 6) is 1.56. The van der Waals surface area contributed by atoms with E-state index >= 15 is 0 Å². The zero-order chi connectivity index (χ0) is 20.2. The summed E-state index contributed by atoms with van der Waals surface area (Å²) in [5.41, 5.74) is 4.69. The molecule has 0 saturated heterocycles. The number of benzene rings is 2. The van der Waals surface area contributed by atoms with Crippen molar-refractivity contribution in [1.29, 1.82) is 0 Å². The Hall–Kier alpha value is -3.44. The molecule has 2 heterocycles. The standard InChI is InChI=1S/C23H19ClN4O/c1-15-8-10-16(11-9-15)13-20(17-5-3-6-18(24)14-17)23-27-22(28-29-23)19-7-4-12-26-21(19)25-2/h3-14H,1-2H3,(H,25,26). The third-order valence-electron chi connectivity index (χ3n) is 4.47. The van der Waals surface area contributed by atoms with Crippen LogP contribution in [0.2, 0.25) is 5.02 Å². The van der Waals surface area contributed by atoms with E-state index in [2.05, 4.69) is 51.6 Å². The van der Waals surface area contributed by atoms with E-state index in [-0.39, 0.29) is 0 Å². The number of aryl methyl sites for hydroxylation is 1. The highest BCUT2D eigenvalue weighted by molar-refractivity contribution is 6.30. The summed E-state index contributed by atoms with van der Waals surface area (Å²) in [6, 6.07) is 19.6. The lowest BCUT2D eigenvalue weighted by molar-refractivity contribution is 0.409. The van der Waals surface area contributed by atoms with Gasteiger partial charge < -0.3 is 9.84 Å². The van der Waals surface area contributed by atoms with E-state index in [1.165, 1.54) is 5.56 Å². The molecule has 0 amide bonds. The van der Waals surface area contributed by atoms with Crippen LogP contribution in [0.4, 0.5) is 5.82 Å². The maximum atomic E-state index is 6.23. The molecule has 0 bridgehead atoms. The van der Waals surface area contributed by atoms with Gasteiger partial charge in [-0.25, -0.2) is 4.98 Å². The lowest BCUT2D eigenvalue weighted by Gasteiger charge is -2.05. The second-order valence-electron chi connectivity index (χ2n) is 6.55. The Morgan fingerprint density at radius 2 is 1.90 bits per heavy atom. The molecule has 29 heavy (non-hydrogen) atoms. The molecule has 0 spiro atoms. The number of rotatable bonds is 5. The topological polar surface area (TPSA) is 63.8 Å². The Bertz CT molecular complexity index is 1170. The molecule has 0 fully saturated rings. The van der Waals surface area contributed by atoms with Gasteiger partial charge in [-0.05, 0) is 48.4 Å². The molecule has 0 saturated carbocycles. The van der Waals surface area contributed by atoms with Crippen LogP contribution in [-0.2, 0) is 0 Å². The van der Waals surface area contributed by atoms with Crippen LogP contribution in [-0.4, -0.2) is 22.2 Å². The normalized spacial score (nSPS) is 11.5. The lowest BCUT2D eigenvalue weighted by atomic mass is 10.0. The average Bonchev–Trinajstić information content (AvgIpc) is 3.23. The largest absolute Gasteiger partial charge is 0.373 e. The lowest BCUT2D eigenvalue weighted by Crippen LogP contribution is -1.96. The number of halogens is 1. The SMILES string of the molecule is CNc1ncccc1-c1noc(C(=Cc2ccc(C)cc2)c2cccc(Cl)c2)n1. The third-order valence-corrected chi connectivity index (χ3v) is 4.70. The Morgan fingerprint density at radius 3 is 2.66 bits per heavy atom. The summed E-state index contributed by atoms with van der Waals surface area (Å²) in [4.78, 5) is 8.95. The van der Waals surface area contributed by atoms with E-state index in [0.717, 1.165) is 22.3 Å². The molecule has 0 aliphatic heterocycles. The first kappa shape index (κ1) is 18.9. The molecule has 144 valence electrons. The van der Waals surface area contributed by atoms with Crippen LogP contribution in [0.25, 0.3) is 23.0 Å². The molecule has 6 heteroatoms. The maximum Gasteiger partial charge on any atom is 0.258 e. The van der Waals surface area contributed by atoms with Crippen molar-refractivity contribution in [3.8, 4) is 11.4 Å². The number of aromatic nitrogens is 3. The number of hydrogen-bond acceptors (Lipinski definition) is 5. The second-order valence-corrected chi connectivity index (χ2v) is 6.99. The van der Waals surface area contributed by atoms with E-state index in [1.54, 1.807) is 6.20 Å². The molecule has 0 radical (unpaired) electrons. The van der Waals surface area contributed by atoms with Crippen molar-refractivity contribution in [3.05, 3.63) is 94.5 Å². The van der Waals surface area contributed by atoms with Crippen molar-refractivity contribution in [2.75, 3.05) is 12.4 Å². The van der Waals surface area contributed by atoms with Gasteiger partial charge in [0.25, 0.3) is 5.89 Å². The monoisotopic (exact) mass is 402 g/mol. The Balaban J connectivity index is 1.82. The summed E-state index contributed by atoms with van der Waals surface area (Å²) >= 11 is 6.23. The van der Waals surface area contributed by atoms with Gasteiger partial charge in [-0.2, -0.15) is 4.98 Å². The van der Waals surface area contributed by atoms with E-state index in [4.69, 9.17) is 16.1 Å². The van der Waals surface area contributed by atoms with Gasteiger partial charge in [0.2, 0.25) is 5.82 Å². The van der Waals surface area contributed by atoms with Crippen LogP contribution in [0.1, 0.15) is 22.6 Å². The van der Waals surface area contributed by atoms with Crippen molar-refractivity contribution < 1.29 is 4.52 Å². The van der Waals surface area contributed by atoms with Crippen molar-refractivity contribution >= 4 is 29.1 Å². The number of nitrogens with zero attached hydrogens (tertiary/aromatic N) is 3. The van der Waals surface area contributed by atoms with Gasteiger partial charge in [-0.3, -0.25) is 0 Å². The van der Waals surface area contributed by atoms with Gasteiger partial charge in [-0.15, -0.1) is 0 Å². The number of pyridine rings is 1. The molecule has 4 aromatic rings. The molecule has 4 rings (SSSR count). The van der Waals surface area contributed by atoms with Crippen molar-refractivity contribution in [1.82, 2.24) is 15.1 Å². The fourth-order valence-electron chi connectivity index (χ4n) is 2.98. The Kier molecular flexibility index (Phi) is 5.40. The van der Waals surface area contributed by atoms with Crippen LogP contribution >= 0.6 is 11.6 Å². The third kappa shape index (κ3) is 4.20. The number of anilines is 1. The van der Waals surface area contributed by atoms with Gasteiger partial charge in [0.15, 0.2) is 0 Å². The highest BCUT2D eigenvalue weighted by Gasteiger charge is 2.17. The first-order valence-corrected chi connectivity index (χ1v) is 9.53. The van der Waals surface area contributed by atoms with Crippen molar-refractivity contribution in [2.45, 2.75) is 6.92 Å². The van der Waals surface area contributed by atoms with Crippen LogP contribution in [0.15, 0.2) is 71.4 Å². The predicted octanol–water partition coefficient (Wildman–Crippen LogP) is 5.72. The van der Waals surface area contributed by atoms with E-state index in [0.29, 0.717) is 22.6 Å². The zero-order valence-corrected chi connectivity index (χ0v) is 16.8. The summed E-state index contributed by atoms with van der Waals surface area (Å²) < 4.78 is 5.64. The van der Waals surface area contributed by atoms with Crippen LogP contribution in [0, 0.1) is 6.92 Å². The molecule has 0 aliphatic carbocycles. The highest BCUT2D eigenvalue weighted by Crippen LogP contribution is 2.30. The summed E-state index contributed by atoms with van der Waals surface area (Å²) in [5, 5.41) is 7.87. The second kappa shape index (κ2) is 8.29. The molecule has 1 N–H and O–H groups in total. The zero-order valence-electron chi connectivity index (χ0n) is 16.1. The minimum absolute atomic E-state index is 0.411. The van der Waals surface area contributed by atoms with Gasteiger partial charge >= 0.3 is 0 Å². The Labute approximate surface area is 174 Å². The molecule has 2 aromatic heterocycles. The maximum absolute atomic E-state index is 6.23. The average molecular weight is 403 g/mol. The van der Waals surface area contributed by atoms with E-state index in [9.17, 15) is 0 Å². The number of nitrogens with one attached hydrogen (secondary N) is 1. The Morgan fingerprint density at radius 1 is 1.07 bits per heavy atom. The minimum atomic E-state index is 0.411. The minimum Gasteiger partial charge on any atom is -0.373 e. The number of hydrogen-bond donors (Lipinski definition) is 1. The van der Waals surface area contributed by atoms with E-state index < -0.39 is 0 Å². The smallest absolute Gasteiger partial charge is 0.258 e. The van der Waals surface area contributed by atoms with Crippen molar-refractivity contribution in [3.63, 3.8) is 0 Å². The first-order valence-electron chi connectivity index (χ1n) is 9.15. The summed E-state index contributed by atoms with van der Waals surface area (Å²) in [7, 11) is 1.81. The van der Waals surface area contributed by atoms with Crippen LogP contribution in [0.5, 0.6) is 0 Å². The molecule has 2 aromatic carbocycles. The first-order chi connectivity index (χ1) is 14.1. The van der Waals surface area contributed by atoms with Gasteiger partial charge in [0.05, 0.1) is 5.56 Å². The summed E-state index contributed by atoms with van der Waals surface area (Å²) in [6.07, 6.45) is 3.73. The predicted molar refractivity (Wildman–Crippen MR) is 117 cm³/mol. The fraction of sp³-hybridized carbons (Fsp3) is 0.0870.